The Kier molecular flexibility index (Phi) is 4.31. The van der Waals surface area contributed by atoms with Crippen LogP contribution in [0.25, 0.3) is 11.3 Å². The van der Waals surface area contributed by atoms with Crippen LogP contribution < -0.4 is 9.47 Å². The molecular weight excluding hydrogens is 332 g/mol. The summed E-state index contributed by atoms with van der Waals surface area (Å²) >= 11 is 0. The molecule has 1 atom stereocenters. The summed E-state index contributed by atoms with van der Waals surface area (Å²) in [5.74, 6) is 1.33. The number of rotatable bonds is 4. The molecule has 3 heterocycles. The Morgan fingerprint density at radius 1 is 1.19 bits per heavy atom. The Balaban J connectivity index is 1.40. The van der Waals surface area contributed by atoms with Crippen molar-refractivity contribution in [2.45, 2.75) is 6.10 Å². The van der Waals surface area contributed by atoms with Crippen LogP contribution in [-0.2, 0) is 0 Å². The number of hydrogen-bond donors (Lipinski definition) is 0. The smallest absolute Gasteiger partial charge is 0.255 e. The lowest BCUT2D eigenvalue weighted by Gasteiger charge is -2.29. The van der Waals surface area contributed by atoms with Crippen LogP contribution in [0.2, 0.25) is 0 Å². The monoisotopic (exact) mass is 350 g/mol. The highest BCUT2D eigenvalue weighted by molar-refractivity contribution is 5.94. The number of fused-ring (bicyclic) bond motifs is 1. The lowest BCUT2D eigenvalue weighted by Crippen LogP contribution is -2.41. The molecule has 0 aliphatic carbocycles. The minimum Gasteiger partial charge on any atom is -0.486 e. The molecule has 0 saturated heterocycles. The molecule has 3 aromatic rings. The number of nitrogens with zero attached hydrogens (tertiary/aromatic N) is 2. The highest BCUT2D eigenvalue weighted by Crippen LogP contribution is 2.31. The number of hydrogen-bond acceptors (Lipinski definition) is 5. The molecule has 1 aliphatic heterocycles. The Hall–Kier alpha value is -3.28. The fraction of sp³-hybridized carbons (Fsp3) is 0.200. The highest BCUT2D eigenvalue weighted by atomic mass is 16.6. The third kappa shape index (κ3) is 3.26. The minimum absolute atomic E-state index is 0.112. The molecule has 1 aliphatic rings. The van der Waals surface area contributed by atoms with Gasteiger partial charge in [-0.15, -0.1) is 0 Å². The molecule has 0 fully saturated rings. The predicted molar refractivity (Wildman–Crippen MR) is 95.3 cm³/mol. The first kappa shape index (κ1) is 16.2. The number of likely N-dealkylation sites (N-methyl/N-ethyl adjacent to an activating group) is 1. The zero-order valence-corrected chi connectivity index (χ0v) is 14.3. The molecule has 132 valence electrons. The van der Waals surface area contributed by atoms with E-state index < -0.39 is 0 Å². The second kappa shape index (κ2) is 6.92. The van der Waals surface area contributed by atoms with E-state index in [4.69, 9.17) is 13.9 Å². The number of pyridine rings is 1. The summed E-state index contributed by atoms with van der Waals surface area (Å²) in [6.45, 7) is 0.836. The number of para-hydroxylation sites is 2. The van der Waals surface area contributed by atoms with Gasteiger partial charge in [0.2, 0.25) is 0 Å². The second-order valence-electron chi connectivity index (χ2n) is 6.13. The number of aromatic nitrogens is 1. The van der Waals surface area contributed by atoms with Crippen LogP contribution in [-0.4, -0.2) is 42.1 Å². The van der Waals surface area contributed by atoms with E-state index in [1.54, 1.807) is 36.7 Å². The molecule has 0 unspecified atom stereocenters. The van der Waals surface area contributed by atoms with Crippen molar-refractivity contribution >= 4 is 5.91 Å². The molecule has 0 N–H and O–H groups in total. The summed E-state index contributed by atoms with van der Waals surface area (Å²) in [4.78, 5) is 18.6. The van der Waals surface area contributed by atoms with E-state index in [0.717, 1.165) is 17.0 Å². The summed E-state index contributed by atoms with van der Waals surface area (Å²) < 4.78 is 16.7. The van der Waals surface area contributed by atoms with Gasteiger partial charge in [-0.05, 0) is 30.3 Å². The van der Waals surface area contributed by atoms with Crippen molar-refractivity contribution < 1.29 is 18.7 Å². The molecule has 0 saturated carbocycles. The van der Waals surface area contributed by atoms with Crippen molar-refractivity contribution in [1.82, 2.24) is 9.88 Å². The summed E-state index contributed by atoms with van der Waals surface area (Å²) in [5, 5.41) is 0. The van der Waals surface area contributed by atoms with Gasteiger partial charge in [0.05, 0.1) is 30.3 Å². The van der Waals surface area contributed by atoms with Crippen LogP contribution in [0.3, 0.4) is 0 Å². The van der Waals surface area contributed by atoms with Crippen molar-refractivity contribution in [1.29, 1.82) is 0 Å². The molecule has 2 aromatic heterocycles. The van der Waals surface area contributed by atoms with E-state index in [9.17, 15) is 4.79 Å². The molecular formula is C20H18N2O4. The fourth-order valence-electron chi connectivity index (χ4n) is 2.86. The van der Waals surface area contributed by atoms with Crippen molar-refractivity contribution in [3.8, 4) is 22.8 Å². The molecule has 0 spiro atoms. The maximum absolute atomic E-state index is 12.6. The van der Waals surface area contributed by atoms with Gasteiger partial charge in [-0.25, -0.2) is 0 Å². The van der Waals surface area contributed by atoms with Gasteiger partial charge < -0.3 is 18.8 Å². The lowest BCUT2D eigenvalue weighted by atomic mass is 10.1. The first-order chi connectivity index (χ1) is 12.7. The topological polar surface area (TPSA) is 64.8 Å². The van der Waals surface area contributed by atoms with Crippen LogP contribution in [0.1, 0.15) is 10.4 Å². The molecule has 6 nitrogen and oxygen atoms in total. The van der Waals surface area contributed by atoms with Crippen LogP contribution in [0, 0.1) is 0 Å². The molecule has 0 radical (unpaired) electrons. The maximum Gasteiger partial charge on any atom is 0.255 e. The van der Waals surface area contributed by atoms with Gasteiger partial charge in [-0.2, -0.15) is 0 Å². The largest absolute Gasteiger partial charge is 0.486 e. The maximum atomic E-state index is 12.6. The van der Waals surface area contributed by atoms with Crippen molar-refractivity contribution in [2.24, 2.45) is 0 Å². The van der Waals surface area contributed by atoms with Gasteiger partial charge in [0.15, 0.2) is 17.6 Å². The quantitative estimate of drug-likeness (QED) is 0.723. The van der Waals surface area contributed by atoms with E-state index >= 15 is 0 Å². The molecule has 0 bridgehead atoms. The zero-order chi connectivity index (χ0) is 17.9. The number of amides is 1. The number of benzene rings is 1. The Morgan fingerprint density at radius 2 is 2.04 bits per heavy atom. The molecule has 1 amide bonds. The third-order valence-corrected chi connectivity index (χ3v) is 4.22. The van der Waals surface area contributed by atoms with Gasteiger partial charge in [-0.3, -0.25) is 9.78 Å². The molecule has 26 heavy (non-hydrogen) atoms. The molecule has 1 aromatic carbocycles. The van der Waals surface area contributed by atoms with E-state index in [1.165, 1.54) is 0 Å². The lowest BCUT2D eigenvalue weighted by molar-refractivity contribution is 0.0520. The summed E-state index contributed by atoms with van der Waals surface area (Å²) in [5.41, 5.74) is 2.17. The predicted octanol–water partition coefficient (Wildman–Crippen LogP) is 3.25. The van der Waals surface area contributed by atoms with Gasteiger partial charge in [0.25, 0.3) is 5.91 Å². The summed E-state index contributed by atoms with van der Waals surface area (Å²) in [6, 6.07) is 12.9. The zero-order valence-electron chi connectivity index (χ0n) is 14.3. The number of carbonyl (C=O) groups excluding carboxylic acids is 1. The number of furan rings is 1. The third-order valence-electron chi connectivity index (χ3n) is 4.22. The van der Waals surface area contributed by atoms with Crippen molar-refractivity contribution in [3.05, 3.63) is 66.8 Å². The van der Waals surface area contributed by atoms with Gasteiger partial charge in [-0.1, -0.05) is 12.1 Å². The fourth-order valence-corrected chi connectivity index (χ4v) is 2.86. The SMILES string of the molecule is CN(C[C@H]1COc2ccccc2O1)C(=O)c1ccc(-c2ccoc2)nc1. The Labute approximate surface area is 151 Å². The first-order valence-electron chi connectivity index (χ1n) is 8.33. The van der Waals surface area contributed by atoms with Crippen LogP contribution in [0.15, 0.2) is 65.6 Å². The van der Waals surface area contributed by atoms with Gasteiger partial charge >= 0.3 is 0 Å². The average molecular weight is 350 g/mol. The first-order valence-corrected chi connectivity index (χ1v) is 8.33. The standard InChI is InChI=1S/C20H18N2O4/c1-22(11-16-13-25-18-4-2-3-5-19(18)26-16)20(23)14-6-7-17(21-10-14)15-8-9-24-12-15/h2-10,12,16H,11,13H2,1H3/t16-/m0/s1. The van der Waals surface area contributed by atoms with Crippen molar-refractivity contribution in [2.75, 3.05) is 20.2 Å². The Bertz CT molecular complexity index is 890. The summed E-state index contributed by atoms with van der Waals surface area (Å²) in [7, 11) is 1.75. The van der Waals surface area contributed by atoms with E-state index in [1.807, 2.05) is 36.4 Å². The van der Waals surface area contributed by atoms with Gasteiger partial charge in [0, 0.05) is 18.8 Å². The van der Waals surface area contributed by atoms with Crippen LogP contribution >= 0.6 is 0 Å². The van der Waals surface area contributed by atoms with Crippen molar-refractivity contribution in [3.63, 3.8) is 0 Å². The van der Waals surface area contributed by atoms with Gasteiger partial charge in [0.1, 0.15) is 6.61 Å². The molecule has 6 heteroatoms. The minimum atomic E-state index is -0.211. The number of ether oxygens (including phenoxy) is 2. The van der Waals surface area contributed by atoms with E-state index in [0.29, 0.717) is 24.5 Å². The summed E-state index contributed by atoms with van der Waals surface area (Å²) in [6.07, 6.45) is 4.58. The van der Waals surface area contributed by atoms with E-state index in [2.05, 4.69) is 4.98 Å². The van der Waals surface area contributed by atoms with Crippen LogP contribution in [0.5, 0.6) is 11.5 Å². The molecule has 4 rings (SSSR count). The Morgan fingerprint density at radius 3 is 2.77 bits per heavy atom. The van der Waals surface area contributed by atoms with Crippen LogP contribution in [0.4, 0.5) is 0 Å². The second-order valence-corrected chi connectivity index (χ2v) is 6.13. The normalized spacial score (nSPS) is 15.5. The van der Waals surface area contributed by atoms with E-state index in [-0.39, 0.29) is 12.0 Å². The average Bonchev–Trinajstić information content (AvgIpc) is 3.22. The number of carbonyl (C=O) groups is 1. The highest BCUT2D eigenvalue weighted by Gasteiger charge is 2.24.